The summed E-state index contributed by atoms with van der Waals surface area (Å²) in [5, 5.41) is 0.433. The summed E-state index contributed by atoms with van der Waals surface area (Å²) in [6, 6.07) is 20.4. The maximum Gasteiger partial charge on any atom is 0.197 e. The summed E-state index contributed by atoms with van der Waals surface area (Å²) in [5.41, 5.74) is 4.11. The highest BCUT2D eigenvalue weighted by Gasteiger charge is 2.34. The lowest BCUT2D eigenvalue weighted by Crippen LogP contribution is -2.03. The Bertz CT molecular complexity index is 1710. The van der Waals surface area contributed by atoms with E-state index in [1.54, 1.807) is 18.2 Å². The van der Waals surface area contributed by atoms with Crippen LogP contribution >= 0.6 is 23.2 Å². The van der Waals surface area contributed by atoms with Gasteiger partial charge >= 0.3 is 0 Å². The Hall–Kier alpha value is -4.00. The molecule has 176 valence electrons. The van der Waals surface area contributed by atoms with Crippen LogP contribution in [0.5, 0.6) is 0 Å². The van der Waals surface area contributed by atoms with Crippen molar-refractivity contribution >= 4 is 52.0 Å². The zero-order valence-corrected chi connectivity index (χ0v) is 20.3. The van der Waals surface area contributed by atoms with E-state index in [1.807, 2.05) is 52.6 Å². The molecule has 0 spiro atoms. The molecule has 1 aliphatic carbocycles. The molecular weight excluding hydrogens is 500 g/mol. The van der Waals surface area contributed by atoms with Crippen LogP contribution in [0.15, 0.2) is 78.4 Å². The molecular formula is C28H16Cl2FN3O2. The number of rotatable bonds is 3. The van der Waals surface area contributed by atoms with Crippen molar-refractivity contribution in [3.8, 4) is 17.1 Å². The molecule has 5 nitrogen and oxygen atoms in total. The second kappa shape index (κ2) is 8.29. The Labute approximate surface area is 215 Å². The van der Waals surface area contributed by atoms with Crippen LogP contribution < -0.4 is 0 Å². The van der Waals surface area contributed by atoms with Gasteiger partial charge in [-0.15, -0.1) is 0 Å². The number of hydrogen-bond acceptors (Lipinski definition) is 3. The van der Waals surface area contributed by atoms with Gasteiger partial charge < -0.3 is 4.57 Å². The number of aryl methyl sites for hydroxylation is 1. The molecule has 1 aliphatic rings. The third-order valence-electron chi connectivity index (χ3n) is 6.32. The van der Waals surface area contributed by atoms with Crippen molar-refractivity contribution in [3.63, 3.8) is 0 Å². The molecule has 0 radical (unpaired) electrons. The number of fused-ring (bicyclic) bond motifs is 2. The zero-order valence-electron chi connectivity index (χ0n) is 18.8. The molecule has 2 heterocycles. The van der Waals surface area contributed by atoms with Gasteiger partial charge in [0.2, 0.25) is 0 Å². The Morgan fingerprint density at radius 3 is 2.08 bits per heavy atom. The lowest BCUT2D eigenvalue weighted by molar-refractivity contribution is 0.0990. The smallest absolute Gasteiger partial charge is 0.197 e. The van der Waals surface area contributed by atoms with E-state index >= 15 is 0 Å². The van der Waals surface area contributed by atoms with Gasteiger partial charge in [0.15, 0.2) is 17.2 Å². The van der Waals surface area contributed by atoms with Crippen molar-refractivity contribution < 1.29 is 14.0 Å². The number of aromatic nitrogens is 3. The molecule has 0 N–H and O–H groups in total. The number of allylic oxidation sites excluding steroid dienone is 1. The number of para-hydroxylation sites is 1. The van der Waals surface area contributed by atoms with Gasteiger partial charge in [-0.3, -0.25) is 14.2 Å². The number of Topliss-reactive ketones (excluding diaryl/α,β-unsaturated/α-hetero) is 2. The first-order valence-corrected chi connectivity index (χ1v) is 11.8. The van der Waals surface area contributed by atoms with Crippen molar-refractivity contribution in [3.05, 3.63) is 111 Å². The van der Waals surface area contributed by atoms with E-state index in [4.69, 9.17) is 28.2 Å². The molecule has 3 aromatic carbocycles. The molecule has 6 rings (SSSR count). The summed E-state index contributed by atoms with van der Waals surface area (Å²) >= 11 is 12.2. The van der Waals surface area contributed by atoms with E-state index in [9.17, 15) is 14.0 Å². The van der Waals surface area contributed by atoms with Crippen molar-refractivity contribution in [2.75, 3.05) is 0 Å². The lowest BCUT2D eigenvalue weighted by atomic mass is 10.1. The highest BCUT2D eigenvalue weighted by molar-refractivity contribution is 6.46. The normalized spacial score (nSPS) is 13.1. The number of carbonyl (C=O) groups excluding carboxylic acids is 2. The molecule has 0 unspecified atom stereocenters. The lowest BCUT2D eigenvalue weighted by Gasteiger charge is -2.08. The van der Waals surface area contributed by atoms with Gasteiger partial charge in [0.05, 0.1) is 26.8 Å². The Morgan fingerprint density at radius 2 is 1.47 bits per heavy atom. The molecule has 0 fully saturated rings. The van der Waals surface area contributed by atoms with Crippen LogP contribution in [0.3, 0.4) is 0 Å². The van der Waals surface area contributed by atoms with Crippen LogP contribution in [-0.4, -0.2) is 25.7 Å². The number of ketones is 2. The van der Waals surface area contributed by atoms with E-state index in [-0.39, 0.29) is 32.6 Å². The monoisotopic (exact) mass is 515 g/mol. The molecule has 36 heavy (non-hydrogen) atoms. The summed E-state index contributed by atoms with van der Waals surface area (Å²) in [6.45, 7) is 0. The van der Waals surface area contributed by atoms with Crippen molar-refractivity contribution in [1.82, 2.24) is 14.1 Å². The minimum atomic E-state index is -0.404. The van der Waals surface area contributed by atoms with Gasteiger partial charge in [0, 0.05) is 29.4 Å². The van der Waals surface area contributed by atoms with Gasteiger partial charge in [-0.2, -0.15) is 0 Å². The SMILES string of the molecule is Cn1c(-c2ccc(F)cc2)nc2c1cc(C=C1C(=O)c3cc(Cl)c(Cl)cc3C1=O)n2-c1ccccc1. The average molecular weight is 516 g/mol. The number of halogens is 3. The maximum absolute atomic E-state index is 13.5. The maximum atomic E-state index is 13.5. The van der Waals surface area contributed by atoms with E-state index in [0.29, 0.717) is 17.2 Å². The van der Waals surface area contributed by atoms with Crippen molar-refractivity contribution in [2.45, 2.75) is 0 Å². The highest BCUT2D eigenvalue weighted by Crippen LogP contribution is 2.36. The van der Waals surface area contributed by atoms with Gasteiger partial charge in [-0.25, -0.2) is 9.37 Å². The molecule has 8 heteroatoms. The molecule has 2 aromatic heterocycles. The second-order valence-electron chi connectivity index (χ2n) is 8.48. The molecule has 0 aliphatic heterocycles. The Balaban J connectivity index is 1.56. The van der Waals surface area contributed by atoms with Gasteiger partial charge in [-0.05, 0) is 60.7 Å². The zero-order chi connectivity index (χ0) is 25.1. The minimum absolute atomic E-state index is 0.0297. The molecule has 0 saturated carbocycles. The fraction of sp³-hybridized carbons (Fsp3) is 0.0357. The summed E-state index contributed by atoms with van der Waals surface area (Å²) in [5.74, 6) is -0.472. The van der Waals surface area contributed by atoms with Crippen LogP contribution in [0.2, 0.25) is 10.0 Å². The Kier molecular flexibility index (Phi) is 5.18. The number of benzene rings is 3. The van der Waals surface area contributed by atoms with Crippen LogP contribution in [-0.2, 0) is 7.05 Å². The second-order valence-corrected chi connectivity index (χ2v) is 9.29. The molecule has 0 saturated heterocycles. The van der Waals surface area contributed by atoms with E-state index in [1.165, 1.54) is 24.3 Å². The summed E-state index contributed by atoms with van der Waals surface area (Å²) in [6.07, 6.45) is 1.58. The third-order valence-corrected chi connectivity index (χ3v) is 7.04. The largest absolute Gasteiger partial charge is 0.326 e. The van der Waals surface area contributed by atoms with E-state index in [2.05, 4.69) is 0 Å². The summed E-state index contributed by atoms with van der Waals surface area (Å²) < 4.78 is 17.3. The molecule has 0 atom stereocenters. The highest BCUT2D eigenvalue weighted by atomic mass is 35.5. The van der Waals surface area contributed by atoms with Gasteiger partial charge in [0.1, 0.15) is 11.6 Å². The van der Waals surface area contributed by atoms with Crippen LogP contribution in [0.1, 0.15) is 26.4 Å². The number of carbonyl (C=O) groups is 2. The van der Waals surface area contributed by atoms with Crippen molar-refractivity contribution in [2.24, 2.45) is 7.05 Å². The molecule has 5 aromatic rings. The minimum Gasteiger partial charge on any atom is -0.326 e. The first-order valence-electron chi connectivity index (χ1n) is 11.0. The topological polar surface area (TPSA) is 56.9 Å². The van der Waals surface area contributed by atoms with E-state index in [0.717, 1.165) is 16.8 Å². The summed E-state index contributed by atoms with van der Waals surface area (Å²) in [7, 11) is 1.87. The quantitative estimate of drug-likeness (QED) is 0.193. The standard InChI is InChI=1S/C28H16Cl2FN3O2/c1-33-24-12-18(11-21-25(35)19-13-22(29)23(30)14-20(19)26(21)36)34(17-5-3-2-4-6-17)28(24)32-27(33)15-7-9-16(31)10-8-15/h2-14H,1H3. The number of nitrogens with zero attached hydrogens (tertiary/aromatic N) is 3. The van der Waals surface area contributed by atoms with E-state index < -0.39 is 11.6 Å². The summed E-state index contributed by atoms with van der Waals surface area (Å²) in [4.78, 5) is 31.2. The molecule has 0 amide bonds. The van der Waals surface area contributed by atoms with Gasteiger partial charge in [0.25, 0.3) is 0 Å². The number of hydrogen-bond donors (Lipinski definition) is 0. The van der Waals surface area contributed by atoms with Crippen LogP contribution in [0.25, 0.3) is 34.3 Å². The fourth-order valence-corrected chi connectivity index (χ4v) is 4.88. The third kappa shape index (κ3) is 3.41. The predicted octanol–water partition coefficient (Wildman–Crippen LogP) is 6.94. The van der Waals surface area contributed by atoms with Crippen LogP contribution in [0, 0.1) is 5.82 Å². The molecule has 0 bridgehead atoms. The Morgan fingerprint density at radius 1 is 0.861 bits per heavy atom. The first kappa shape index (κ1) is 22.5. The predicted molar refractivity (Wildman–Crippen MR) is 139 cm³/mol. The first-order chi connectivity index (χ1) is 17.3. The van der Waals surface area contributed by atoms with Gasteiger partial charge in [-0.1, -0.05) is 41.4 Å². The average Bonchev–Trinajstić information content (AvgIpc) is 3.46. The fourth-order valence-electron chi connectivity index (χ4n) is 4.56. The number of imidazole rings is 1. The van der Waals surface area contributed by atoms with Crippen LogP contribution in [0.4, 0.5) is 4.39 Å². The van der Waals surface area contributed by atoms with Crippen molar-refractivity contribution in [1.29, 1.82) is 0 Å².